The van der Waals surface area contributed by atoms with Gasteiger partial charge in [-0.2, -0.15) is 0 Å². The Bertz CT molecular complexity index is 897. The summed E-state index contributed by atoms with van der Waals surface area (Å²) < 4.78 is 1.91. The van der Waals surface area contributed by atoms with E-state index in [4.69, 9.17) is 0 Å². The smallest absolute Gasteiger partial charge is 0.274 e. The lowest BCUT2D eigenvalue weighted by Crippen LogP contribution is -2.48. The van der Waals surface area contributed by atoms with Crippen molar-refractivity contribution in [3.05, 3.63) is 35.8 Å². The van der Waals surface area contributed by atoms with Crippen molar-refractivity contribution < 1.29 is 9.59 Å². The van der Waals surface area contributed by atoms with Gasteiger partial charge in [0.05, 0.1) is 6.04 Å². The molecule has 6 heteroatoms. The minimum Gasteiger partial charge on any atom is -0.338 e. The zero-order chi connectivity index (χ0) is 19.9. The molecule has 1 spiro atoms. The highest BCUT2D eigenvalue weighted by Crippen LogP contribution is 2.43. The van der Waals surface area contributed by atoms with Crippen LogP contribution in [0.15, 0.2) is 24.5 Å². The van der Waals surface area contributed by atoms with Gasteiger partial charge in [-0.1, -0.05) is 19.3 Å². The van der Waals surface area contributed by atoms with Crippen molar-refractivity contribution >= 4 is 17.5 Å². The lowest BCUT2D eigenvalue weighted by Gasteiger charge is -2.41. The molecule has 1 unspecified atom stereocenters. The van der Waals surface area contributed by atoms with Gasteiger partial charge in [0, 0.05) is 37.9 Å². The van der Waals surface area contributed by atoms with Crippen LogP contribution in [0, 0.1) is 6.92 Å². The number of imidazole rings is 1. The molecule has 2 aromatic heterocycles. The van der Waals surface area contributed by atoms with Crippen LogP contribution in [0.1, 0.15) is 68.4 Å². The van der Waals surface area contributed by atoms with E-state index in [2.05, 4.69) is 9.88 Å². The average molecular weight is 383 g/mol. The number of carbonyl (C=O) groups is 2. The van der Waals surface area contributed by atoms with Gasteiger partial charge in [-0.15, -0.1) is 0 Å². The Morgan fingerprint density at radius 1 is 1.29 bits per heavy atom. The molecule has 0 radical (unpaired) electrons. The van der Waals surface area contributed by atoms with Gasteiger partial charge in [-0.3, -0.25) is 9.59 Å². The van der Waals surface area contributed by atoms with Gasteiger partial charge >= 0.3 is 0 Å². The highest BCUT2D eigenvalue weighted by atomic mass is 16.2. The number of hydrogen-bond acceptors (Lipinski definition) is 3. The van der Waals surface area contributed by atoms with Crippen LogP contribution in [0.3, 0.4) is 0 Å². The van der Waals surface area contributed by atoms with Crippen LogP contribution in [-0.2, 0) is 4.79 Å². The molecule has 1 saturated carbocycles. The molecule has 3 heterocycles. The van der Waals surface area contributed by atoms with Crippen LogP contribution < -0.4 is 0 Å². The van der Waals surface area contributed by atoms with Gasteiger partial charge in [0.2, 0.25) is 5.91 Å². The number of pyridine rings is 1. The molecule has 2 aromatic rings. The predicted molar refractivity (Wildman–Crippen MR) is 108 cm³/mol. The summed E-state index contributed by atoms with van der Waals surface area (Å²) in [6, 6.07) is 4.11. The maximum absolute atomic E-state index is 13.5. The molecule has 1 aliphatic carbocycles. The maximum Gasteiger partial charge on any atom is 0.274 e. The van der Waals surface area contributed by atoms with Crippen LogP contribution in [0.4, 0.5) is 0 Å². The Morgan fingerprint density at radius 2 is 2.04 bits per heavy atom. The summed E-state index contributed by atoms with van der Waals surface area (Å²) in [6.07, 6.45) is 10.2. The first-order chi connectivity index (χ1) is 13.4. The first-order valence-corrected chi connectivity index (χ1v) is 10.5. The van der Waals surface area contributed by atoms with Crippen molar-refractivity contribution in [2.75, 3.05) is 13.1 Å². The van der Waals surface area contributed by atoms with Crippen LogP contribution in [0.25, 0.3) is 5.65 Å². The molecule has 1 atom stereocenters. The van der Waals surface area contributed by atoms with Gasteiger partial charge in [0.15, 0.2) is 0 Å². The zero-order valence-electron chi connectivity index (χ0n) is 17.1. The van der Waals surface area contributed by atoms with Crippen molar-refractivity contribution in [3.63, 3.8) is 0 Å². The van der Waals surface area contributed by atoms with E-state index in [1.54, 1.807) is 6.92 Å². The molecule has 0 N–H and O–H groups in total. The third-order valence-corrected chi connectivity index (χ3v) is 6.63. The number of carbonyl (C=O) groups excluding carboxylic acids is 2. The Kier molecular flexibility index (Phi) is 4.89. The van der Waals surface area contributed by atoms with Gasteiger partial charge in [-0.25, -0.2) is 4.98 Å². The predicted octanol–water partition coefficient (Wildman–Crippen LogP) is 3.43. The van der Waals surface area contributed by atoms with Gasteiger partial charge in [0.25, 0.3) is 5.91 Å². The van der Waals surface area contributed by atoms with Crippen molar-refractivity contribution in [2.45, 2.75) is 70.9 Å². The quantitative estimate of drug-likeness (QED) is 0.817. The van der Waals surface area contributed by atoms with Crippen molar-refractivity contribution in [1.29, 1.82) is 0 Å². The number of likely N-dealkylation sites (N-methyl/N-ethyl adjacent to an activating group) is 1. The number of likely N-dealkylation sites (tertiary alicyclic amines) is 1. The molecule has 1 saturated heterocycles. The molecule has 2 aliphatic rings. The van der Waals surface area contributed by atoms with Crippen LogP contribution in [-0.4, -0.2) is 55.7 Å². The van der Waals surface area contributed by atoms with Crippen molar-refractivity contribution in [3.8, 4) is 0 Å². The molecule has 150 valence electrons. The van der Waals surface area contributed by atoms with E-state index in [0.717, 1.165) is 43.3 Å². The Morgan fingerprint density at radius 3 is 2.71 bits per heavy atom. The topological polar surface area (TPSA) is 57.9 Å². The highest BCUT2D eigenvalue weighted by Gasteiger charge is 2.50. The summed E-state index contributed by atoms with van der Waals surface area (Å²) in [5.74, 6) is 0.0984. The summed E-state index contributed by atoms with van der Waals surface area (Å²) in [5.41, 5.74) is 2.30. The van der Waals surface area contributed by atoms with E-state index in [1.807, 2.05) is 47.7 Å². The molecular formula is C22H30N4O2. The molecule has 1 aliphatic heterocycles. The number of aryl methyl sites for hydroxylation is 1. The first kappa shape index (κ1) is 19.0. The maximum atomic E-state index is 13.5. The Labute approximate surface area is 166 Å². The summed E-state index contributed by atoms with van der Waals surface area (Å²) in [4.78, 5) is 34.3. The monoisotopic (exact) mass is 382 g/mol. The summed E-state index contributed by atoms with van der Waals surface area (Å²) >= 11 is 0. The third-order valence-electron chi connectivity index (χ3n) is 6.63. The van der Waals surface area contributed by atoms with E-state index in [-0.39, 0.29) is 23.4 Å². The minimum atomic E-state index is -0.130. The first-order valence-electron chi connectivity index (χ1n) is 10.5. The Balaban J connectivity index is 1.67. The van der Waals surface area contributed by atoms with Gasteiger partial charge < -0.3 is 14.2 Å². The van der Waals surface area contributed by atoms with Crippen LogP contribution in [0.2, 0.25) is 0 Å². The number of aromatic nitrogens is 2. The zero-order valence-corrected chi connectivity index (χ0v) is 17.1. The van der Waals surface area contributed by atoms with E-state index in [9.17, 15) is 9.59 Å². The summed E-state index contributed by atoms with van der Waals surface area (Å²) in [6.45, 7) is 6.97. The number of amides is 2. The Hall–Kier alpha value is -2.37. The largest absolute Gasteiger partial charge is 0.338 e. The molecule has 4 rings (SSSR count). The molecule has 6 nitrogen and oxygen atoms in total. The van der Waals surface area contributed by atoms with E-state index >= 15 is 0 Å². The van der Waals surface area contributed by atoms with E-state index < -0.39 is 0 Å². The van der Waals surface area contributed by atoms with Crippen LogP contribution >= 0.6 is 0 Å². The third kappa shape index (κ3) is 3.19. The van der Waals surface area contributed by atoms with E-state index in [1.165, 1.54) is 6.42 Å². The van der Waals surface area contributed by atoms with Gasteiger partial charge in [0.1, 0.15) is 11.3 Å². The number of rotatable bonds is 3. The SMILES string of the molecule is CCN(C(C)=O)C1CN(C(=O)c2cn3ccc(C)cc3n2)C2(CCCCC2)C1. The fourth-order valence-corrected chi connectivity index (χ4v) is 5.27. The molecule has 2 fully saturated rings. The highest BCUT2D eigenvalue weighted by molar-refractivity contribution is 5.94. The minimum absolute atomic E-state index is 0.00496. The second kappa shape index (κ2) is 7.22. The molecule has 0 aromatic carbocycles. The average Bonchev–Trinajstić information content (AvgIpc) is 3.24. The molecule has 2 amide bonds. The second-order valence-corrected chi connectivity index (χ2v) is 8.46. The fraction of sp³-hybridized carbons (Fsp3) is 0.591. The second-order valence-electron chi connectivity index (χ2n) is 8.46. The fourth-order valence-electron chi connectivity index (χ4n) is 5.27. The summed E-state index contributed by atoms with van der Waals surface area (Å²) in [7, 11) is 0. The van der Waals surface area contributed by atoms with E-state index in [0.29, 0.717) is 18.8 Å². The number of fused-ring (bicyclic) bond motifs is 1. The normalized spacial score (nSPS) is 21.4. The van der Waals surface area contributed by atoms with Crippen LogP contribution in [0.5, 0.6) is 0 Å². The van der Waals surface area contributed by atoms with Gasteiger partial charge in [-0.05, 0) is 50.8 Å². The number of nitrogens with zero attached hydrogens (tertiary/aromatic N) is 4. The number of hydrogen-bond donors (Lipinski definition) is 0. The molecule has 0 bridgehead atoms. The summed E-state index contributed by atoms with van der Waals surface area (Å²) in [5, 5.41) is 0. The standard InChI is InChI=1S/C22H30N4O2/c1-4-25(17(3)27)18-13-22(9-6-5-7-10-22)26(14-18)21(28)19-15-24-11-8-16(2)12-20(24)23-19/h8,11-12,15,18H,4-7,9-10,13-14H2,1-3H3. The molecular weight excluding hydrogens is 352 g/mol. The van der Waals surface area contributed by atoms with Crippen molar-refractivity contribution in [2.24, 2.45) is 0 Å². The van der Waals surface area contributed by atoms with Crippen molar-refractivity contribution in [1.82, 2.24) is 19.2 Å². The molecule has 28 heavy (non-hydrogen) atoms. The lowest BCUT2D eigenvalue weighted by molar-refractivity contribution is -0.130. The lowest BCUT2D eigenvalue weighted by atomic mass is 9.79.